The van der Waals surface area contributed by atoms with Crippen molar-refractivity contribution < 1.29 is 18.0 Å². The minimum atomic E-state index is -4.44. The van der Waals surface area contributed by atoms with Gasteiger partial charge in [0.25, 0.3) is 5.91 Å². The zero-order valence-corrected chi connectivity index (χ0v) is 10.4. The third kappa shape index (κ3) is 4.40. The molecular weight excluding hydrogens is 261 g/mol. The highest BCUT2D eigenvalue weighted by Gasteiger charge is 2.33. The average molecular weight is 276 g/mol. The van der Waals surface area contributed by atoms with Crippen LogP contribution in [0.25, 0.3) is 0 Å². The predicted octanol–water partition coefficient (Wildman–Crippen LogP) is 1.78. The van der Waals surface area contributed by atoms with Crippen molar-refractivity contribution >= 4 is 11.7 Å². The lowest BCUT2D eigenvalue weighted by Crippen LogP contribution is -2.39. The van der Waals surface area contributed by atoms with Crippen molar-refractivity contribution in [2.75, 3.05) is 18.5 Å². The van der Waals surface area contributed by atoms with Crippen LogP contribution in [0.15, 0.2) is 18.3 Å². The van der Waals surface area contributed by atoms with Crippen molar-refractivity contribution in [3.63, 3.8) is 0 Å². The van der Waals surface area contributed by atoms with Gasteiger partial charge in [-0.15, -0.1) is 0 Å². The maximum atomic E-state index is 12.4. The van der Waals surface area contributed by atoms with Crippen LogP contribution < -0.4 is 11.3 Å². The van der Waals surface area contributed by atoms with Gasteiger partial charge in [-0.25, -0.2) is 10.8 Å². The highest BCUT2D eigenvalue weighted by Crippen LogP contribution is 2.20. The lowest BCUT2D eigenvalue weighted by atomic mass is 10.2. The van der Waals surface area contributed by atoms with Crippen molar-refractivity contribution in [1.29, 1.82) is 0 Å². The largest absolute Gasteiger partial charge is 0.406 e. The molecule has 0 bridgehead atoms. The Bertz CT molecular complexity index is 436. The molecule has 0 aromatic carbocycles. The number of nitrogens with zero attached hydrogens (tertiary/aromatic N) is 2. The average Bonchev–Trinajstić information content (AvgIpc) is 2.36. The molecule has 0 spiro atoms. The van der Waals surface area contributed by atoms with Crippen molar-refractivity contribution in [1.82, 2.24) is 9.88 Å². The van der Waals surface area contributed by atoms with Gasteiger partial charge in [0.05, 0.1) is 5.56 Å². The van der Waals surface area contributed by atoms with E-state index in [4.69, 9.17) is 5.84 Å². The molecule has 0 aliphatic carbocycles. The van der Waals surface area contributed by atoms with E-state index in [0.29, 0.717) is 6.42 Å². The first-order chi connectivity index (χ1) is 8.89. The summed E-state index contributed by atoms with van der Waals surface area (Å²) in [7, 11) is 0. The van der Waals surface area contributed by atoms with E-state index in [1.165, 1.54) is 18.3 Å². The topological polar surface area (TPSA) is 71.2 Å². The summed E-state index contributed by atoms with van der Waals surface area (Å²) < 4.78 is 37.3. The van der Waals surface area contributed by atoms with E-state index in [1.807, 2.05) is 0 Å². The quantitative estimate of drug-likeness (QED) is 0.635. The Kier molecular flexibility index (Phi) is 5.11. The van der Waals surface area contributed by atoms with Gasteiger partial charge in [-0.2, -0.15) is 13.2 Å². The van der Waals surface area contributed by atoms with Gasteiger partial charge < -0.3 is 10.3 Å². The molecular formula is C11H15F3N4O. The van der Waals surface area contributed by atoms with Crippen molar-refractivity contribution in [2.24, 2.45) is 5.84 Å². The zero-order valence-electron chi connectivity index (χ0n) is 10.4. The van der Waals surface area contributed by atoms with E-state index in [0.717, 1.165) is 4.90 Å². The van der Waals surface area contributed by atoms with Gasteiger partial charge in [-0.05, 0) is 18.6 Å². The second-order valence-corrected chi connectivity index (χ2v) is 3.89. The van der Waals surface area contributed by atoms with Crippen LogP contribution in [-0.2, 0) is 0 Å². The smallest absolute Gasteiger partial charge is 0.329 e. The lowest BCUT2D eigenvalue weighted by Gasteiger charge is -2.24. The number of alkyl halides is 3. The molecule has 0 saturated carbocycles. The van der Waals surface area contributed by atoms with E-state index in [1.54, 1.807) is 6.92 Å². The predicted molar refractivity (Wildman–Crippen MR) is 64.3 cm³/mol. The zero-order chi connectivity index (χ0) is 14.5. The number of hydrazine groups is 1. The number of halogens is 3. The van der Waals surface area contributed by atoms with Gasteiger partial charge in [0.2, 0.25) is 0 Å². The van der Waals surface area contributed by atoms with E-state index in [9.17, 15) is 18.0 Å². The third-order valence-electron chi connectivity index (χ3n) is 2.33. The van der Waals surface area contributed by atoms with Crippen LogP contribution >= 0.6 is 0 Å². The van der Waals surface area contributed by atoms with E-state index < -0.39 is 18.6 Å². The maximum Gasteiger partial charge on any atom is 0.406 e. The van der Waals surface area contributed by atoms with E-state index in [-0.39, 0.29) is 17.9 Å². The number of nitrogens with two attached hydrogens (primary N) is 1. The first kappa shape index (κ1) is 15.2. The molecule has 0 radical (unpaired) electrons. The molecule has 0 aliphatic rings. The Morgan fingerprint density at radius 3 is 2.74 bits per heavy atom. The van der Waals surface area contributed by atoms with E-state index in [2.05, 4.69) is 10.4 Å². The van der Waals surface area contributed by atoms with Gasteiger partial charge in [-0.1, -0.05) is 6.92 Å². The highest BCUT2D eigenvalue weighted by molar-refractivity contribution is 5.98. The first-order valence-electron chi connectivity index (χ1n) is 5.66. The highest BCUT2D eigenvalue weighted by atomic mass is 19.4. The molecule has 1 aromatic heterocycles. The number of rotatable bonds is 5. The monoisotopic (exact) mass is 276 g/mol. The lowest BCUT2D eigenvalue weighted by molar-refractivity contribution is -0.140. The molecule has 0 fully saturated rings. The molecule has 3 N–H and O–H groups in total. The molecule has 1 aromatic rings. The molecule has 0 unspecified atom stereocenters. The number of amides is 1. The molecule has 5 nitrogen and oxygen atoms in total. The fraction of sp³-hybridized carbons (Fsp3) is 0.455. The van der Waals surface area contributed by atoms with E-state index >= 15 is 0 Å². The Hall–Kier alpha value is -1.83. The summed E-state index contributed by atoms with van der Waals surface area (Å²) in [5, 5.41) is 0. The van der Waals surface area contributed by atoms with Gasteiger partial charge >= 0.3 is 6.18 Å². The Labute approximate surface area is 108 Å². The van der Waals surface area contributed by atoms with Crippen molar-refractivity contribution in [3.05, 3.63) is 23.9 Å². The molecule has 1 heterocycles. The number of hydrogen-bond donors (Lipinski definition) is 2. The summed E-state index contributed by atoms with van der Waals surface area (Å²) in [6, 6.07) is 2.84. The summed E-state index contributed by atoms with van der Waals surface area (Å²) >= 11 is 0. The third-order valence-corrected chi connectivity index (χ3v) is 2.33. The number of hydrogen-bond acceptors (Lipinski definition) is 4. The number of anilines is 1. The maximum absolute atomic E-state index is 12.4. The standard InChI is InChI=1S/C11H15F3N4O/c1-2-6-18(7-11(12,13)14)10(19)8-4-3-5-16-9(8)17-15/h3-5H,2,6-7,15H2,1H3,(H,16,17). The summed E-state index contributed by atoms with van der Waals surface area (Å²) in [6.07, 6.45) is -2.63. The van der Waals surface area contributed by atoms with Crippen LogP contribution in [0.3, 0.4) is 0 Å². The van der Waals surface area contributed by atoms with Gasteiger partial charge in [-0.3, -0.25) is 4.79 Å². The van der Waals surface area contributed by atoms with Crippen LogP contribution in [0.4, 0.5) is 19.0 Å². The SMILES string of the molecule is CCCN(CC(F)(F)F)C(=O)c1cccnc1NN. The fourth-order valence-electron chi connectivity index (χ4n) is 1.60. The van der Waals surface area contributed by atoms with Gasteiger partial charge in [0.15, 0.2) is 5.82 Å². The summed E-state index contributed by atoms with van der Waals surface area (Å²) in [5.41, 5.74) is 2.21. The Morgan fingerprint density at radius 2 is 2.21 bits per heavy atom. The number of aromatic nitrogens is 1. The molecule has 0 saturated heterocycles. The summed E-state index contributed by atoms with van der Waals surface area (Å²) in [4.78, 5) is 16.6. The van der Waals surface area contributed by atoms with Gasteiger partial charge in [0, 0.05) is 12.7 Å². The van der Waals surface area contributed by atoms with Crippen molar-refractivity contribution in [2.45, 2.75) is 19.5 Å². The molecule has 106 valence electrons. The van der Waals surface area contributed by atoms with Gasteiger partial charge in [0.1, 0.15) is 6.54 Å². The number of pyridine rings is 1. The van der Waals surface area contributed by atoms with Crippen LogP contribution in [0.1, 0.15) is 23.7 Å². The number of carbonyl (C=O) groups is 1. The van der Waals surface area contributed by atoms with Crippen LogP contribution in [-0.4, -0.2) is 35.1 Å². The molecule has 19 heavy (non-hydrogen) atoms. The second-order valence-electron chi connectivity index (χ2n) is 3.89. The van der Waals surface area contributed by atoms with Crippen LogP contribution in [0, 0.1) is 0 Å². The van der Waals surface area contributed by atoms with Crippen LogP contribution in [0.2, 0.25) is 0 Å². The number of carbonyl (C=O) groups excluding carboxylic acids is 1. The number of nitrogens with one attached hydrogen (secondary N) is 1. The molecule has 0 aliphatic heterocycles. The molecule has 8 heteroatoms. The Morgan fingerprint density at radius 1 is 1.53 bits per heavy atom. The minimum absolute atomic E-state index is 0.0112. The summed E-state index contributed by atoms with van der Waals surface area (Å²) in [5.74, 6) is 4.49. The van der Waals surface area contributed by atoms with Crippen LogP contribution in [0.5, 0.6) is 0 Å². The summed E-state index contributed by atoms with van der Waals surface area (Å²) in [6.45, 7) is 0.415. The normalized spacial score (nSPS) is 11.2. The number of nitrogen functional groups attached to an aromatic ring is 1. The Balaban J connectivity index is 2.99. The first-order valence-corrected chi connectivity index (χ1v) is 5.66. The molecule has 1 rings (SSSR count). The second kappa shape index (κ2) is 6.37. The minimum Gasteiger partial charge on any atom is -0.329 e. The molecule has 0 atom stereocenters. The molecule has 1 amide bonds. The fourth-order valence-corrected chi connectivity index (χ4v) is 1.60. The van der Waals surface area contributed by atoms with Crippen molar-refractivity contribution in [3.8, 4) is 0 Å².